The van der Waals surface area contributed by atoms with E-state index in [1.54, 1.807) is 0 Å². The Balaban J connectivity index is 2.68. The number of nitrogens with two attached hydrogens (primary N) is 1. The molecule has 1 atom stereocenters. The van der Waals surface area contributed by atoms with Crippen LogP contribution in [0.4, 0.5) is 13.2 Å². The van der Waals surface area contributed by atoms with Crippen molar-refractivity contribution < 1.29 is 13.2 Å². The summed E-state index contributed by atoms with van der Waals surface area (Å²) >= 11 is 0. The number of alkyl halides is 3. The number of halogens is 3. The summed E-state index contributed by atoms with van der Waals surface area (Å²) in [6.45, 7) is 1.13. The van der Waals surface area contributed by atoms with Crippen molar-refractivity contribution in [1.29, 1.82) is 0 Å². The van der Waals surface area contributed by atoms with Crippen LogP contribution >= 0.6 is 0 Å². The molecule has 0 bridgehead atoms. The Kier molecular flexibility index (Phi) is 2.87. The normalized spacial score (nSPS) is 33.0. The molecule has 0 spiro atoms. The molecule has 13 heavy (non-hydrogen) atoms. The number of hydrogen-bond acceptors (Lipinski definition) is 2. The fourth-order valence-electron chi connectivity index (χ4n) is 1.58. The largest absolute Gasteiger partial charge is 0.406 e. The van der Waals surface area contributed by atoms with Crippen LogP contribution in [0.1, 0.15) is 19.3 Å². The zero-order valence-electron chi connectivity index (χ0n) is 7.69. The smallest absolute Gasteiger partial charge is 0.318 e. The molecule has 1 rings (SSSR count). The van der Waals surface area contributed by atoms with Crippen LogP contribution in [-0.2, 0) is 0 Å². The van der Waals surface area contributed by atoms with Crippen LogP contribution in [0.25, 0.3) is 0 Å². The van der Waals surface area contributed by atoms with Crippen molar-refractivity contribution in [3.63, 3.8) is 0 Å². The summed E-state index contributed by atoms with van der Waals surface area (Å²) in [5.41, 5.74) is 3.39. The molecule has 1 fully saturated rings. The standard InChI is InChI=1S/C8H15F3N2/c1-13-5-2-3-7(12,4-6-13)8(9,10)11/h2-6,12H2,1H3. The summed E-state index contributed by atoms with van der Waals surface area (Å²) in [7, 11) is 1.82. The van der Waals surface area contributed by atoms with Crippen molar-refractivity contribution in [3.8, 4) is 0 Å². The van der Waals surface area contributed by atoms with Crippen LogP contribution < -0.4 is 5.73 Å². The van der Waals surface area contributed by atoms with E-state index in [1.807, 2.05) is 11.9 Å². The molecule has 0 amide bonds. The van der Waals surface area contributed by atoms with E-state index >= 15 is 0 Å². The van der Waals surface area contributed by atoms with E-state index < -0.39 is 11.7 Å². The Morgan fingerprint density at radius 2 is 1.85 bits per heavy atom. The molecule has 0 saturated carbocycles. The van der Waals surface area contributed by atoms with Gasteiger partial charge in [0.1, 0.15) is 5.54 Å². The maximum Gasteiger partial charge on any atom is 0.406 e. The third-order valence-electron chi connectivity index (χ3n) is 2.67. The molecule has 0 aromatic carbocycles. The topological polar surface area (TPSA) is 29.3 Å². The SMILES string of the molecule is CN1CCCC(N)(C(F)(F)F)CC1. The molecule has 1 aliphatic rings. The second-order valence-corrected chi connectivity index (χ2v) is 3.81. The average molecular weight is 196 g/mol. The quantitative estimate of drug-likeness (QED) is 0.634. The maximum absolute atomic E-state index is 12.5. The van der Waals surface area contributed by atoms with Crippen LogP contribution in [0.15, 0.2) is 0 Å². The number of nitrogens with zero attached hydrogens (tertiary/aromatic N) is 1. The van der Waals surface area contributed by atoms with Gasteiger partial charge in [-0.05, 0) is 39.4 Å². The van der Waals surface area contributed by atoms with Crippen molar-refractivity contribution in [3.05, 3.63) is 0 Å². The van der Waals surface area contributed by atoms with Crippen molar-refractivity contribution in [2.24, 2.45) is 5.73 Å². The summed E-state index contributed by atoms with van der Waals surface area (Å²) < 4.78 is 37.5. The van der Waals surface area contributed by atoms with Gasteiger partial charge in [0.2, 0.25) is 0 Å². The number of hydrogen-bond donors (Lipinski definition) is 1. The highest BCUT2D eigenvalue weighted by Gasteiger charge is 2.51. The van der Waals surface area contributed by atoms with Crippen LogP contribution in [-0.4, -0.2) is 36.8 Å². The zero-order chi connectivity index (χ0) is 10.1. The average Bonchev–Trinajstić information content (AvgIpc) is 2.13. The van der Waals surface area contributed by atoms with Gasteiger partial charge in [-0.15, -0.1) is 0 Å². The first-order valence-corrected chi connectivity index (χ1v) is 4.39. The van der Waals surface area contributed by atoms with E-state index in [0.717, 1.165) is 0 Å². The molecule has 2 N–H and O–H groups in total. The van der Waals surface area contributed by atoms with E-state index in [9.17, 15) is 13.2 Å². The lowest BCUT2D eigenvalue weighted by atomic mass is 9.91. The Morgan fingerprint density at radius 3 is 2.38 bits per heavy atom. The van der Waals surface area contributed by atoms with Gasteiger partial charge < -0.3 is 10.6 Å². The predicted octanol–water partition coefficient (Wildman–Crippen LogP) is 1.36. The van der Waals surface area contributed by atoms with Crippen molar-refractivity contribution >= 4 is 0 Å². The third kappa shape index (κ3) is 2.34. The zero-order valence-corrected chi connectivity index (χ0v) is 7.69. The summed E-state index contributed by atoms with van der Waals surface area (Å²) in [5, 5.41) is 0. The molecule has 0 aromatic rings. The summed E-state index contributed by atoms with van der Waals surface area (Å²) in [6.07, 6.45) is -3.70. The monoisotopic (exact) mass is 196 g/mol. The molecular weight excluding hydrogens is 181 g/mol. The molecule has 0 aromatic heterocycles. The van der Waals surface area contributed by atoms with E-state index in [-0.39, 0.29) is 12.8 Å². The van der Waals surface area contributed by atoms with Gasteiger partial charge >= 0.3 is 6.18 Å². The Hall–Kier alpha value is -0.290. The minimum atomic E-state index is -4.27. The second kappa shape index (κ2) is 3.46. The lowest BCUT2D eigenvalue weighted by molar-refractivity contribution is -0.188. The molecule has 1 unspecified atom stereocenters. The molecular formula is C8H15F3N2. The number of rotatable bonds is 0. The Labute approximate surface area is 75.9 Å². The molecule has 0 radical (unpaired) electrons. The van der Waals surface area contributed by atoms with Crippen molar-refractivity contribution in [2.75, 3.05) is 20.1 Å². The lowest BCUT2D eigenvalue weighted by Crippen LogP contribution is -2.53. The van der Waals surface area contributed by atoms with Crippen LogP contribution in [0.5, 0.6) is 0 Å². The third-order valence-corrected chi connectivity index (χ3v) is 2.67. The van der Waals surface area contributed by atoms with Crippen molar-refractivity contribution in [2.45, 2.75) is 31.0 Å². The summed E-state index contributed by atoms with van der Waals surface area (Å²) in [4.78, 5) is 1.89. The van der Waals surface area contributed by atoms with E-state index in [0.29, 0.717) is 19.5 Å². The summed E-state index contributed by atoms with van der Waals surface area (Å²) in [5.74, 6) is 0. The molecule has 1 saturated heterocycles. The van der Waals surface area contributed by atoms with Gasteiger partial charge in [-0.25, -0.2) is 0 Å². The molecule has 0 aliphatic carbocycles. The molecule has 1 aliphatic heterocycles. The van der Waals surface area contributed by atoms with Gasteiger partial charge in [0.25, 0.3) is 0 Å². The van der Waals surface area contributed by atoms with Gasteiger partial charge in [0.15, 0.2) is 0 Å². The summed E-state index contributed by atoms with van der Waals surface area (Å²) in [6, 6.07) is 0. The van der Waals surface area contributed by atoms with E-state index in [2.05, 4.69) is 0 Å². The molecule has 78 valence electrons. The number of likely N-dealkylation sites (tertiary alicyclic amines) is 1. The first kappa shape index (κ1) is 10.8. The molecule has 2 nitrogen and oxygen atoms in total. The van der Waals surface area contributed by atoms with Gasteiger partial charge in [0, 0.05) is 0 Å². The van der Waals surface area contributed by atoms with Crippen LogP contribution in [0.2, 0.25) is 0 Å². The van der Waals surface area contributed by atoms with Gasteiger partial charge in [-0.3, -0.25) is 0 Å². The van der Waals surface area contributed by atoms with E-state index in [1.165, 1.54) is 0 Å². The fraction of sp³-hybridized carbons (Fsp3) is 1.00. The Morgan fingerprint density at radius 1 is 1.23 bits per heavy atom. The highest BCUT2D eigenvalue weighted by molar-refractivity contribution is 4.94. The van der Waals surface area contributed by atoms with Crippen LogP contribution in [0.3, 0.4) is 0 Å². The van der Waals surface area contributed by atoms with Gasteiger partial charge in [-0.1, -0.05) is 0 Å². The van der Waals surface area contributed by atoms with E-state index in [4.69, 9.17) is 5.73 Å². The molecule has 5 heteroatoms. The molecule has 1 heterocycles. The van der Waals surface area contributed by atoms with Gasteiger partial charge in [0.05, 0.1) is 0 Å². The Bertz CT molecular complexity index is 181. The lowest BCUT2D eigenvalue weighted by Gasteiger charge is -2.30. The maximum atomic E-state index is 12.5. The predicted molar refractivity (Wildman–Crippen MR) is 44.3 cm³/mol. The van der Waals surface area contributed by atoms with Crippen LogP contribution in [0, 0.1) is 0 Å². The minimum absolute atomic E-state index is 0.00694. The first-order chi connectivity index (χ1) is 5.85. The first-order valence-electron chi connectivity index (χ1n) is 4.39. The minimum Gasteiger partial charge on any atom is -0.318 e. The highest BCUT2D eigenvalue weighted by Crippen LogP contribution is 2.35. The van der Waals surface area contributed by atoms with Gasteiger partial charge in [-0.2, -0.15) is 13.2 Å². The second-order valence-electron chi connectivity index (χ2n) is 3.81. The highest BCUT2D eigenvalue weighted by atomic mass is 19.4. The fourth-order valence-corrected chi connectivity index (χ4v) is 1.58. The van der Waals surface area contributed by atoms with Crippen molar-refractivity contribution in [1.82, 2.24) is 4.90 Å².